The molecule has 0 amide bonds. The molecule has 2 aliphatic heterocycles. The Morgan fingerprint density at radius 2 is 1.38 bits per heavy atom. The van der Waals surface area contributed by atoms with Crippen LogP contribution in [0.3, 0.4) is 0 Å². The van der Waals surface area contributed by atoms with Crippen LogP contribution in [0.4, 0.5) is 0 Å². The van der Waals surface area contributed by atoms with Crippen molar-refractivity contribution in [3.8, 4) is 40.1 Å². The summed E-state index contributed by atoms with van der Waals surface area (Å²) in [6.07, 6.45) is -14.3. The van der Waals surface area contributed by atoms with Crippen LogP contribution in [0.1, 0.15) is 13.8 Å². The van der Waals surface area contributed by atoms with Gasteiger partial charge in [0.1, 0.15) is 47.4 Å². The summed E-state index contributed by atoms with van der Waals surface area (Å²) in [6.45, 7) is 2.94. The molecule has 0 aliphatic carbocycles. The first-order valence-electron chi connectivity index (χ1n) is 13.1. The highest BCUT2D eigenvalue weighted by Crippen LogP contribution is 2.42. The van der Waals surface area contributed by atoms with Crippen LogP contribution in [0.5, 0.6) is 28.7 Å². The van der Waals surface area contributed by atoms with Crippen molar-refractivity contribution < 1.29 is 69.0 Å². The molecule has 14 nitrogen and oxygen atoms in total. The zero-order valence-corrected chi connectivity index (χ0v) is 22.8. The Kier molecular flexibility index (Phi) is 8.33. The fourth-order valence-corrected chi connectivity index (χ4v) is 4.94. The van der Waals surface area contributed by atoms with Gasteiger partial charge in [-0.1, -0.05) is 0 Å². The maximum absolute atomic E-state index is 11.0. The Hall–Kier alpha value is -3.47. The van der Waals surface area contributed by atoms with Gasteiger partial charge in [-0.2, -0.15) is 0 Å². The molecule has 228 valence electrons. The number of aliphatic hydroxyl groups is 5. The van der Waals surface area contributed by atoms with Gasteiger partial charge in [0.05, 0.1) is 30.9 Å². The van der Waals surface area contributed by atoms with Crippen LogP contribution in [-0.2, 0) is 14.2 Å². The summed E-state index contributed by atoms with van der Waals surface area (Å²) in [4.78, 5) is 0. The monoisotopic (exact) mass is 593 g/mol. The first kappa shape index (κ1) is 30.0. The second-order valence-corrected chi connectivity index (χ2v) is 10.3. The molecule has 0 bridgehead atoms. The molecule has 0 saturated carbocycles. The van der Waals surface area contributed by atoms with E-state index in [0.717, 1.165) is 6.07 Å². The van der Waals surface area contributed by atoms with Crippen molar-refractivity contribution in [1.82, 2.24) is 0 Å². The number of benzene rings is 2. The lowest BCUT2D eigenvalue weighted by atomic mass is 9.98. The quantitative estimate of drug-likeness (QED) is 0.183. The summed E-state index contributed by atoms with van der Waals surface area (Å²) in [5, 5.41) is 83.0. The van der Waals surface area contributed by atoms with E-state index in [4.69, 9.17) is 28.1 Å². The van der Waals surface area contributed by atoms with E-state index in [9.17, 15) is 40.9 Å². The van der Waals surface area contributed by atoms with Crippen molar-refractivity contribution in [3.63, 3.8) is 0 Å². The normalized spacial score (nSPS) is 33.4. The van der Waals surface area contributed by atoms with Crippen LogP contribution in [0.15, 0.2) is 40.8 Å². The molecule has 8 N–H and O–H groups in total. The third-order valence-corrected chi connectivity index (χ3v) is 7.39. The van der Waals surface area contributed by atoms with Crippen molar-refractivity contribution in [2.45, 2.75) is 75.3 Å². The lowest BCUT2D eigenvalue weighted by molar-refractivity contribution is -0.352. The largest absolute Gasteiger partial charge is 0.507 e. The highest BCUT2D eigenvalue weighted by Gasteiger charge is 2.50. The van der Waals surface area contributed by atoms with E-state index < -0.39 is 61.4 Å². The van der Waals surface area contributed by atoms with Gasteiger partial charge in [-0.25, -0.2) is 4.42 Å². The molecule has 42 heavy (non-hydrogen) atoms. The molecule has 2 fully saturated rings. The zero-order valence-electron chi connectivity index (χ0n) is 22.8. The number of rotatable bonds is 6. The lowest BCUT2D eigenvalue weighted by Gasteiger charge is -2.45. The molecule has 2 aliphatic rings. The third kappa shape index (κ3) is 5.50. The number of fused-ring (bicyclic) bond motifs is 1. The molecule has 10 atom stereocenters. The van der Waals surface area contributed by atoms with Gasteiger partial charge in [-0.05, 0) is 26.0 Å². The van der Waals surface area contributed by atoms with Gasteiger partial charge in [0.15, 0.2) is 23.9 Å². The molecular formula is C28H33O14+. The third-order valence-electron chi connectivity index (χ3n) is 7.39. The first-order valence-corrected chi connectivity index (χ1v) is 13.1. The fraction of sp³-hybridized carbons (Fsp3) is 0.464. The van der Waals surface area contributed by atoms with E-state index in [2.05, 4.69) is 0 Å². The van der Waals surface area contributed by atoms with Crippen molar-refractivity contribution in [2.75, 3.05) is 7.11 Å². The molecular weight excluding hydrogens is 560 g/mol. The smallest absolute Gasteiger partial charge is 0.402 e. The number of hydrogen-bond donors (Lipinski definition) is 8. The minimum absolute atomic E-state index is 0.0301. The average Bonchev–Trinajstić information content (AvgIpc) is 2.95. The van der Waals surface area contributed by atoms with E-state index in [1.54, 1.807) is 0 Å². The van der Waals surface area contributed by atoms with Gasteiger partial charge in [0.2, 0.25) is 12.0 Å². The number of aliphatic hydroxyl groups excluding tert-OH is 5. The highest BCUT2D eigenvalue weighted by atomic mass is 16.8. The predicted molar refractivity (Wildman–Crippen MR) is 142 cm³/mol. The van der Waals surface area contributed by atoms with E-state index >= 15 is 0 Å². The topological polar surface area (TPSA) is 219 Å². The second-order valence-electron chi connectivity index (χ2n) is 10.3. The van der Waals surface area contributed by atoms with Crippen molar-refractivity contribution in [1.29, 1.82) is 0 Å². The maximum Gasteiger partial charge on any atom is 0.402 e. The van der Waals surface area contributed by atoms with Gasteiger partial charge in [0.25, 0.3) is 0 Å². The Morgan fingerprint density at radius 1 is 0.714 bits per heavy atom. The summed E-state index contributed by atoms with van der Waals surface area (Å²) in [5.74, 6) is -0.679. The molecule has 0 spiro atoms. The van der Waals surface area contributed by atoms with Crippen molar-refractivity contribution in [2.24, 2.45) is 0 Å². The minimum atomic E-state index is -1.72. The van der Waals surface area contributed by atoms with Gasteiger partial charge in [-0.15, -0.1) is 0 Å². The van der Waals surface area contributed by atoms with Crippen LogP contribution in [0, 0.1) is 0 Å². The number of phenols is 3. The van der Waals surface area contributed by atoms with E-state index in [-0.39, 0.29) is 45.5 Å². The number of ether oxygens (including phenoxy) is 5. The molecule has 5 rings (SSSR count). The zero-order chi connectivity index (χ0) is 30.5. The molecule has 14 heteroatoms. The predicted octanol–water partition coefficient (Wildman–Crippen LogP) is 0.564. The van der Waals surface area contributed by atoms with E-state index in [1.165, 1.54) is 51.3 Å². The van der Waals surface area contributed by atoms with Crippen LogP contribution in [0.25, 0.3) is 22.3 Å². The standard InChI is InChI=1S/C28H32O14/c1-10-20(32)22(34)24(36)27(38-10)42-26-23(35)21(33)11(2)39-28(26)41-19-9-14-16(31)7-13(29)8-17(14)40-25(19)12-4-5-15(30)18(6-12)37-3/h4-11,20-24,26-28,32-36H,1-3H3,(H2-,29,30,31)/p+1/t10-,11-,20-,21-,22+,23+,24+,26+,27-,28-/m0/s1. The first-order chi connectivity index (χ1) is 19.9. The summed E-state index contributed by atoms with van der Waals surface area (Å²) < 4.78 is 34.5. The average molecular weight is 594 g/mol. The Bertz CT molecular complexity index is 1430. The van der Waals surface area contributed by atoms with Crippen LogP contribution < -0.4 is 9.47 Å². The van der Waals surface area contributed by atoms with Gasteiger partial charge in [0, 0.05) is 18.2 Å². The van der Waals surface area contributed by atoms with Crippen molar-refractivity contribution in [3.05, 3.63) is 36.4 Å². The molecule has 3 aromatic rings. The number of phenolic OH excluding ortho intramolecular Hbond substituents is 3. The lowest BCUT2D eigenvalue weighted by Crippen LogP contribution is -2.63. The van der Waals surface area contributed by atoms with Crippen LogP contribution in [0.2, 0.25) is 0 Å². The highest BCUT2D eigenvalue weighted by molar-refractivity contribution is 5.88. The van der Waals surface area contributed by atoms with E-state index in [1.807, 2.05) is 0 Å². The van der Waals surface area contributed by atoms with Gasteiger partial charge in [-0.3, -0.25) is 0 Å². The van der Waals surface area contributed by atoms with Crippen LogP contribution in [-0.4, -0.2) is 109 Å². The molecule has 2 aromatic carbocycles. The van der Waals surface area contributed by atoms with E-state index in [0.29, 0.717) is 5.56 Å². The van der Waals surface area contributed by atoms with Crippen LogP contribution >= 0.6 is 0 Å². The Labute approximate surface area is 239 Å². The number of aromatic hydroxyl groups is 3. The summed E-state index contributed by atoms with van der Waals surface area (Å²) >= 11 is 0. The molecule has 3 heterocycles. The summed E-state index contributed by atoms with van der Waals surface area (Å²) in [6, 6.07) is 8.05. The van der Waals surface area contributed by atoms with Crippen molar-refractivity contribution >= 4 is 11.0 Å². The SMILES string of the molecule is COc1cc(-c2[o+]c3cc(O)cc(O)c3cc2O[C@@H]2O[C@@H](C)[C@H](O)[C@@H](O)[C@H]2O[C@@H]2O[C@@H](C)[C@H](O)[C@@H](O)[C@H]2O)ccc1O. The summed E-state index contributed by atoms with van der Waals surface area (Å²) in [7, 11) is 1.36. The fourth-order valence-electron chi connectivity index (χ4n) is 4.94. The molecule has 0 radical (unpaired) electrons. The summed E-state index contributed by atoms with van der Waals surface area (Å²) in [5.41, 5.74) is 0.409. The molecule has 1 aromatic heterocycles. The number of hydrogen-bond acceptors (Lipinski definition) is 13. The maximum atomic E-state index is 11.0. The minimum Gasteiger partial charge on any atom is -0.507 e. The molecule has 2 saturated heterocycles. The second kappa shape index (κ2) is 11.7. The Balaban J connectivity index is 1.57. The number of methoxy groups -OCH3 is 1. The van der Waals surface area contributed by atoms with Gasteiger partial charge < -0.3 is 64.5 Å². The molecule has 0 unspecified atom stereocenters. The Morgan fingerprint density at radius 3 is 2.07 bits per heavy atom. The van der Waals surface area contributed by atoms with Gasteiger partial charge >= 0.3 is 11.3 Å².